The van der Waals surface area contributed by atoms with Crippen LogP contribution in [-0.2, 0) is 0 Å². The number of halogens is 1. The summed E-state index contributed by atoms with van der Waals surface area (Å²) in [5, 5.41) is 7.06. The van der Waals surface area contributed by atoms with Crippen molar-refractivity contribution < 1.29 is 4.74 Å². The van der Waals surface area contributed by atoms with Crippen LogP contribution in [0.4, 0.5) is 23.0 Å². The van der Waals surface area contributed by atoms with Crippen LogP contribution in [0, 0.1) is 6.92 Å². The lowest BCUT2D eigenvalue weighted by Gasteiger charge is -2.12. The molecule has 0 atom stereocenters. The summed E-state index contributed by atoms with van der Waals surface area (Å²) >= 11 is 6.05. The highest BCUT2D eigenvalue weighted by molar-refractivity contribution is 6.31. The Balaban J connectivity index is 1.80. The molecule has 0 saturated carbocycles. The number of aromatic nitrogens is 2. The van der Waals surface area contributed by atoms with Crippen molar-refractivity contribution in [2.75, 3.05) is 17.7 Å². The number of nitrogens with one attached hydrogen (secondary N) is 2. The second-order valence-corrected chi connectivity index (χ2v) is 5.69. The Morgan fingerprint density at radius 1 is 0.917 bits per heavy atom. The van der Waals surface area contributed by atoms with E-state index in [1.165, 1.54) is 11.9 Å². The SMILES string of the molecule is COc1ccc(Cl)cc1Nc1cc(Nc2ccc(C)cc2)ncn1. The summed E-state index contributed by atoms with van der Waals surface area (Å²) in [6.07, 6.45) is 1.50. The van der Waals surface area contributed by atoms with Crippen LogP contribution in [0.2, 0.25) is 5.02 Å². The number of rotatable bonds is 5. The van der Waals surface area contributed by atoms with E-state index in [-0.39, 0.29) is 0 Å². The van der Waals surface area contributed by atoms with Gasteiger partial charge >= 0.3 is 0 Å². The van der Waals surface area contributed by atoms with Gasteiger partial charge in [-0.05, 0) is 37.3 Å². The summed E-state index contributed by atoms with van der Waals surface area (Å²) in [7, 11) is 1.61. The molecule has 1 aromatic heterocycles. The summed E-state index contributed by atoms with van der Waals surface area (Å²) in [5.41, 5.74) is 2.91. The van der Waals surface area contributed by atoms with Gasteiger partial charge in [-0.3, -0.25) is 0 Å². The largest absolute Gasteiger partial charge is 0.495 e. The van der Waals surface area contributed by atoms with Crippen LogP contribution in [0.1, 0.15) is 5.56 Å². The number of nitrogens with zero attached hydrogens (tertiary/aromatic N) is 2. The minimum Gasteiger partial charge on any atom is -0.495 e. The molecule has 3 rings (SSSR count). The topological polar surface area (TPSA) is 59.1 Å². The van der Waals surface area contributed by atoms with E-state index >= 15 is 0 Å². The molecule has 0 aliphatic carbocycles. The first-order valence-electron chi connectivity index (χ1n) is 7.40. The first-order chi connectivity index (χ1) is 11.6. The Kier molecular flexibility index (Phi) is 4.82. The number of methoxy groups -OCH3 is 1. The predicted octanol–water partition coefficient (Wildman–Crippen LogP) is 4.93. The van der Waals surface area contributed by atoms with Gasteiger partial charge < -0.3 is 15.4 Å². The van der Waals surface area contributed by atoms with E-state index in [1.54, 1.807) is 25.3 Å². The lowest BCUT2D eigenvalue weighted by molar-refractivity contribution is 0.417. The average molecular weight is 341 g/mol. The van der Waals surface area contributed by atoms with Gasteiger partial charge in [0.1, 0.15) is 23.7 Å². The fourth-order valence-electron chi connectivity index (χ4n) is 2.19. The van der Waals surface area contributed by atoms with Gasteiger partial charge in [-0.2, -0.15) is 0 Å². The van der Waals surface area contributed by atoms with Crippen LogP contribution in [0.3, 0.4) is 0 Å². The molecule has 24 heavy (non-hydrogen) atoms. The molecule has 6 heteroatoms. The Hall–Kier alpha value is -2.79. The Morgan fingerprint density at radius 2 is 1.62 bits per heavy atom. The van der Waals surface area contributed by atoms with Crippen molar-refractivity contribution in [2.24, 2.45) is 0 Å². The highest BCUT2D eigenvalue weighted by atomic mass is 35.5. The van der Waals surface area contributed by atoms with Crippen LogP contribution in [0.25, 0.3) is 0 Å². The van der Waals surface area contributed by atoms with Gasteiger partial charge in [-0.15, -0.1) is 0 Å². The minimum absolute atomic E-state index is 0.616. The molecule has 1 heterocycles. The highest BCUT2D eigenvalue weighted by Gasteiger charge is 2.06. The quantitative estimate of drug-likeness (QED) is 0.689. The Morgan fingerprint density at radius 3 is 2.33 bits per heavy atom. The van der Waals surface area contributed by atoms with Gasteiger partial charge in [-0.25, -0.2) is 9.97 Å². The van der Waals surface area contributed by atoms with Gasteiger partial charge in [0, 0.05) is 16.8 Å². The fourth-order valence-corrected chi connectivity index (χ4v) is 2.37. The third-order valence-electron chi connectivity index (χ3n) is 3.42. The number of anilines is 4. The van der Waals surface area contributed by atoms with Crippen molar-refractivity contribution >= 4 is 34.6 Å². The molecule has 0 bridgehead atoms. The molecule has 0 unspecified atom stereocenters. The molecular formula is C18H17ClN4O. The van der Waals surface area contributed by atoms with Crippen molar-refractivity contribution in [3.05, 3.63) is 65.4 Å². The zero-order valence-electron chi connectivity index (χ0n) is 13.4. The maximum absolute atomic E-state index is 6.05. The van der Waals surface area contributed by atoms with Crippen LogP contribution in [-0.4, -0.2) is 17.1 Å². The standard InChI is InChI=1S/C18H17ClN4O/c1-12-3-6-14(7-4-12)22-17-10-18(21-11-20-17)23-15-9-13(19)5-8-16(15)24-2/h3-11H,1-2H3,(H2,20,21,22,23). The van der Waals surface area contributed by atoms with Crippen molar-refractivity contribution in [3.8, 4) is 5.75 Å². The third-order valence-corrected chi connectivity index (χ3v) is 3.65. The lowest BCUT2D eigenvalue weighted by Crippen LogP contribution is -2.00. The number of hydrogen-bond acceptors (Lipinski definition) is 5. The van der Waals surface area contributed by atoms with Gasteiger partial charge in [0.05, 0.1) is 12.8 Å². The second kappa shape index (κ2) is 7.19. The zero-order valence-corrected chi connectivity index (χ0v) is 14.1. The summed E-state index contributed by atoms with van der Waals surface area (Å²) in [6, 6.07) is 15.3. The maximum atomic E-state index is 6.05. The van der Waals surface area contributed by atoms with Gasteiger partial charge in [0.15, 0.2) is 0 Å². The summed E-state index contributed by atoms with van der Waals surface area (Å²) in [5.74, 6) is 2.02. The second-order valence-electron chi connectivity index (χ2n) is 5.25. The van der Waals surface area contributed by atoms with E-state index in [2.05, 4.69) is 27.5 Å². The van der Waals surface area contributed by atoms with Gasteiger partial charge in [-0.1, -0.05) is 29.3 Å². The molecular weight excluding hydrogens is 324 g/mol. The van der Waals surface area contributed by atoms with Crippen LogP contribution < -0.4 is 15.4 Å². The number of hydrogen-bond donors (Lipinski definition) is 2. The van der Waals surface area contributed by atoms with E-state index in [9.17, 15) is 0 Å². The normalized spacial score (nSPS) is 10.3. The molecule has 0 radical (unpaired) electrons. The number of ether oxygens (including phenoxy) is 1. The number of benzene rings is 2. The molecule has 2 aromatic carbocycles. The summed E-state index contributed by atoms with van der Waals surface area (Å²) < 4.78 is 5.33. The van der Waals surface area contributed by atoms with E-state index in [1.807, 2.05) is 30.3 Å². The zero-order chi connectivity index (χ0) is 16.9. The van der Waals surface area contributed by atoms with E-state index in [4.69, 9.17) is 16.3 Å². The van der Waals surface area contributed by atoms with Crippen LogP contribution >= 0.6 is 11.6 Å². The maximum Gasteiger partial charge on any atom is 0.142 e. The van der Waals surface area contributed by atoms with E-state index in [0.717, 1.165) is 11.4 Å². The minimum atomic E-state index is 0.616. The Labute approximate surface area is 145 Å². The molecule has 0 aliphatic heterocycles. The summed E-state index contributed by atoms with van der Waals surface area (Å²) in [4.78, 5) is 8.47. The molecule has 0 aliphatic rings. The Bertz CT molecular complexity index is 837. The molecule has 0 saturated heterocycles. The number of aryl methyl sites for hydroxylation is 1. The molecule has 5 nitrogen and oxygen atoms in total. The van der Waals surface area contributed by atoms with E-state index in [0.29, 0.717) is 22.4 Å². The average Bonchev–Trinajstić information content (AvgIpc) is 2.58. The first-order valence-corrected chi connectivity index (χ1v) is 7.78. The molecule has 3 aromatic rings. The molecule has 2 N–H and O–H groups in total. The smallest absolute Gasteiger partial charge is 0.142 e. The van der Waals surface area contributed by atoms with Crippen molar-refractivity contribution in [1.29, 1.82) is 0 Å². The van der Waals surface area contributed by atoms with Gasteiger partial charge in [0.25, 0.3) is 0 Å². The fraction of sp³-hybridized carbons (Fsp3) is 0.111. The monoisotopic (exact) mass is 340 g/mol. The lowest BCUT2D eigenvalue weighted by atomic mass is 10.2. The third kappa shape index (κ3) is 3.94. The van der Waals surface area contributed by atoms with Crippen molar-refractivity contribution in [2.45, 2.75) is 6.92 Å². The van der Waals surface area contributed by atoms with Crippen LogP contribution in [0.5, 0.6) is 5.75 Å². The van der Waals surface area contributed by atoms with Crippen molar-refractivity contribution in [1.82, 2.24) is 9.97 Å². The molecule has 0 amide bonds. The van der Waals surface area contributed by atoms with E-state index < -0.39 is 0 Å². The first kappa shape index (κ1) is 16.1. The van der Waals surface area contributed by atoms with Gasteiger partial charge in [0.2, 0.25) is 0 Å². The highest BCUT2D eigenvalue weighted by Crippen LogP contribution is 2.30. The van der Waals surface area contributed by atoms with Crippen LogP contribution in [0.15, 0.2) is 54.9 Å². The molecule has 0 fully saturated rings. The predicted molar refractivity (Wildman–Crippen MR) is 97.8 cm³/mol. The molecule has 122 valence electrons. The summed E-state index contributed by atoms with van der Waals surface area (Å²) in [6.45, 7) is 2.05. The van der Waals surface area contributed by atoms with Crippen molar-refractivity contribution in [3.63, 3.8) is 0 Å². The molecule has 0 spiro atoms.